The van der Waals surface area contributed by atoms with E-state index >= 15 is 0 Å². The number of hydrogen-bond acceptors (Lipinski definition) is 2. The summed E-state index contributed by atoms with van der Waals surface area (Å²) in [6.45, 7) is 0.0510. The van der Waals surface area contributed by atoms with Gasteiger partial charge in [0, 0.05) is 10.0 Å². The molecule has 3 aromatic rings. The fraction of sp³-hybridized carbons (Fsp3) is 0.0667. The molecule has 1 N–H and O–H groups in total. The van der Waals surface area contributed by atoms with Gasteiger partial charge in [-0.25, -0.2) is 9.18 Å². The first kappa shape index (κ1) is 14.8. The highest BCUT2D eigenvalue weighted by atomic mass is 35.5. The summed E-state index contributed by atoms with van der Waals surface area (Å²) in [5.41, 5.74) is -0.714. The average molecular weight is 339 g/mol. The molecule has 2 aromatic carbocycles. The summed E-state index contributed by atoms with van der Waals surface area (Å²) in [6.07, 6.45) is 0. The molecule has 0 saturated carbocycles. The van der Waals surface area contributed by atoms with Gasteiger partial charge in [0.2, 0.25) is 0 Å². The molecule has 0 aliphatic carbocycles. The fourth-order valence-corrected chi connectivity index (χ4v) is 2.53. The molecule has 22 heavy (non-hydrogen) atoms. The quantitative estimate of drug-likeness (QED) is 0.780. The Morgan fingerprint density at radius 1 is 1.05 bits per heavy atom. The number of rotatable bonds is 2. The molecule has 112 valence electrons. The van der Waals surface area contributed by atoms with Crippen LogP contribution < -0.4 is 11.2 Å². The molecule has 0 unspecified atom stereocenters. The Kier molecular flexibility index (Phi) is 3.76. The summed E-state index contributed by atoms with van der Waals surface area (Å²) in [5, 5.41) is 0.670. The third-order valence-corrected chi connectivity index (χ3v) is 3.73. The van der Waals surface area contributed by atoms with Crippen LogP contribution in [0.2, 0.25) is 10.0 Å². The molecule has 3 rings (SSSR count). The standard InChI is InChI=1S/C15H9Cl2FN2O2/c16-9-3-1-8(2-4-9)7-20-14(21)11-5-10(17)6-12(18)13(11)19-15(20)22/h1-6H,7H2,(H,19,22). The molecule has 7 heteroatoms. The van der Waals surface area contributed by atoms with Crippen molar-refractivity contribution in [1.29, 1.82) is 0 Å². The first-order valence-electron chi connectivity index (χ1n) is 6.32. The molecule has 0 saturated heterocycles. The van der Waals surface area contributed by atoms with Crippen molar-refractivity contribution >= 4 is 34.1 Å². The number of nitrogens with one attached hydrogen (secondary N) is 1. The van der Waals surface area contributed by atoms with E-state index in [9.17, 15) is 14.0 Å². The van der Waals surface area contributed by atoms with Crippen LogP contribution in [0.15, 0.2) is 46.0 Å². The largest absolute Gasteiger partial charge is 0.329 e. The first-order valence-corrected chi connectivity index (χ1v) is 7.07. The van der Waals surface area contributed by atoms with Crippen LogP contribution in [-0.2, 0) is 6.54 Å². The number of fused-ring (bicyclic) bond motifs is 1. The van der Waals surface area contributed by atoms with E-state index in [-0.39, 0.29) is 22.5 Å². The summed E-state index contributed by atoms with van der Waals surface area (Å²) < 4.78 is 14.8. The lowest BCUT2D eigenvalue weighted by Gasteiger charge is -2.07. The van der Waals surface area contributed by atoms with Crippen molar-refractivity contribution in [2.24, 2.45) is 0 Å². The molecule has 0 aliphatic heterocycles. The Morgan fingerprint density at radius 3 is 2.41 bits per heavy atom. The SMILES string of the molecule is O=c1[nH]c2c(F)cc(Cl)cc2c(=O)n1Cc1ccc(Cl)cc1. The predicted molar refractivity (Wildman–Crippen MR) is 84.4 cm³/mol. The average Bonchev–Trinajstić information content (AvgIpc) is 2.47. The van der Waals surface area contributed by atoms with Gasteiger partial charge in [0.05, 0.1) is 17.4 Å². The van der Waals surface area contributed by atoms with Crippen LogP contribution >= 0.6 is 23.2 Å². The molecule has 0 atom stereocenters. The van der Waals surface area contributed by atoms with Crippen molar-refractivity contribution in [3.8, 4) is 0 Å². The highest BCUT2D eigenvalue weighted by Gasteiger charge is 2.12. The minimum absolute atomic E-state index is 0.0264. The molecule has 0 spiro atoms. The van der Waals surface area contributed by atoms with Gasteiger partial charge in [-0.2, -0.15) is 0 Å². The van der Waals surface area contributed by atoms with Crippen LogP contribution in [0.5, 0.6) is 0 Å². The summed E-state index contributed by atoms with van der Waals surface area (Å²) in [5.74, 6) is -0.740. The van der Waals surface area contributed by atoms with E-state index in [1.165, 1.54) is 6.07 Å². The molecule has 0 amide bonds. The molecular formula is C15H9Cl2FN2O2. The molecular weight excluding hydrogens is 330 g/mol. The zero-order valence-corrected chi connectivity index (χ0v) is 12.6. The van der Waals surface area contributed by atoms with Crippen LogP contribution in [0.4, 0.5) is 4.39 Å². The lowest BCUT2D eigenvalue weighted by Crippen LogP contribution is -2.35. The van der Waals surface area contributed by atoms with Gasteiger partial charge in [-0.3, -0.25) is 9.36 Å². The predicted octanol–water partition coefficient (Wildman–Crippen LogP) is 3.18. The molecule has 0 aliphatic rings. The van der Waals surface area contributed by atoms with E-state index in [4.69, 9.17) is 23.2 Å². The minimum Gasteiger partial charge on any atom is -0.304 e. The fourth-order valence-electron chi connectivity index (χ4n) is 2.20. The summed E-state index contributed by atoms with van der Waals surface area (Å²) in [4.78, 5) is 26.8. The Balaban J connectivity index is 2.20. The monoisotopic (exact) mass is 338 g/mol. The smallest absolute Gasteiger partial charge is 0.304 e. The van der Waals surface area contributed by atoms with Gasteiger partial charge >= 0.3 is 5.69 Å². The Bertz CT molecular complexity index is 978. The van der Waals surface area contributed by atoms with E-state index in [1.54, 1.807) is 24.3 Å². The second-order valence-electron chi connectivity index (χ2n) is 4.76. The van der Waals surface area contributed by atoms with Gasteiger partial charge in [0.25, 0.3) is 5.56 Å². The van der Waals surface area contributed by atoms with Gasteiger partial charge in [-0.1, -0.05) is 35.3 Å². The van der Waals surface area contributed by atoms with Crippen LogP contribution in [0.1, 0.15) is 5.56 Å². The minimum atomic E-state index is -0.740. The van der Waals surface area contributed by atoms with E-state index < -0.39 is 17.1 Å². The number of aromatic amines is 1. The third kappa shape index (κ3) is 2.65. The van der Waals surface area contributed by atoms with Crippen LogP contribution in [0.3, 0.4) is 0 Å². The zero-order chi connectivity index (χ0) is 15.9. The van der Waals surface area contributed by atoms with Crippen LogP contribution in [0.25, 0.3) is 10.9 Å². The number of nitrogens with zero attached hydrogens (tertiary/aromatic N) is 1. The first-order chi connectivity index (χ1) is 10.5. The van der Waals surface area contributed by atoms with Gasteiger partial charge in [-0.15, -0.1) is 0 Å². The van der Waals surface area contributed by atoms with Gasteiger partial charge in [0.1, 0.15) is 5.82 Å². The lowest BCUT2D eigenvalue weighted by atomic mass is 10.2. The van der Waals surface area contributed by atoms with Crippen molar-refractivity contribution < 1.29 is 4.39 Å². The highest BCUT2D eigenvalue weighted by Crippen LogP contribution is 2.18. The number of benzene rings is 2. The maximum Gasteiger partial charge on any atom is 0.329 e. The Hall–Kier alpha value is -2.11. The summed E-state index contributed by atoms with van der Waals surface area (Å²) in [6, 6.07) is 9.11. The van der Waals surface area contributed by atoms with Gasteiger partial charge in [-0.05, 0) is 29.8 Å². The van der Waals surface area contributed by atoms with E-state index in [2.05, 4.69) is 4.98 Å². The van der Waals surface area contributed by atoms with Crippen LogP contribution in [-0.4, -0.2) is 9.55 Å². The maximum absolute atomic E-state index is 13.8. The van der Waals surface area contributed by atoms with E-state index in [0.717, 1.165) is 16.2 Å². The molecule has 0 radical (unpaired) electrons. The zero-order valence-electron chi connectivity index (χ0n) is 11.1. The molecule has 4 nitrogen and oxygen atoms in total. The van der Waals surface area contributed by atoms with Crippen molar-refractivity contribution in [2.75, 3.05) is 0 Å². The number of H-pyrrole nitrogens is 1. The highest BCUT2D eigenvalue weighted by molar-refractivity contribution is 6.31. The summed E-state index contributed by atoms with van der Waals surface area (Å²) >= 11 is 11.6. The summed E-state index contributed by atoms with van der Waals surface area (Å²) in [7, 11) is 0. The second-order valence-corrected chi connectivity index (χ2v) is 5.63. The third-order valence-electron chi connectivity index (χ3n) is 3.26. The Morgan fingerprint density at radius 2 is 1.73 bits per heavy atom. The van der Waals surface area contributed by atoms with Crippen molar-refractivity contribution in [1.82, 2.24) is 9.55 Å². The lowest BCUT2D eigenvalue weighted by molar-refractivity contribution is 0.631. The van der Waals surface area contributed by atoms with E-state index in [1.807, 2.05) is 0 Å². The molecule has 1 heterocycles. The second kappa shape index (κ2) is 5.59. The molecule has 0 bridgehead atoms. The van der Waals surface area contributed by atoms with Crippen molar-refractivity contribution in [3.05, 3.63) is 78.7 Å². The normalized spacial score (nSPS) is 11.0. The number of aromatic nitrogens is 2. The number of hydrogen-bond donors (Lipinski definition) is 1. The Labute approximate surface area is 133 Å². The topological polar surface area (TPSA) is 54.9 Å². The van der Waals surface area contributed by atoms with E-state index in [0.29, 0.717) is 5.02 Å². The van der Waals surface area contributed by atoms with Crippen molar-refractivity contribution in [3.63, 3.8) is 0 Å². The molecule has 0 fully saturated rings. The number of halogens is 3. The van der Waals surface area contributed by atoms with Gasteiger partial charge < -0.3 is 4.98 Å². The maximum atomic E-state index is 13.8. The molecule has 1 aromatic heterocycles. The van der Waals surface area contributed by atoms with Crippen LogP contribution in [0, 0.1) is 5.82 Å². The van der Waals surface area contributed by atoms with Gasteiger partial charge in [0.15, 0.2) is 0 Å². The van der Waals surface area contributed by atoms with Crippen molar-refractivity contribution in [2.45, 2.75) is 6.54 Å².